The Labute approximate surface area is 122 Å². The Bertz CT molecular complexity index is 404. The highest BCUT2D eigenvalue weighted by molar-refractivity contribution is 6.30. The maximum atomic E-state index is 6.66. The van der Waals surface area contributed by atoms with Crippen molar-refractivity contribution in [1.29, 1.82) is 0 Å². The topological polar surface area (TPSA) is 26.0 Å². The van der Waals surface area contributed by atoms with Gasteiger partial charge in [0.2, 0.25) is 0 Å². The molecule has 2 rings (SSSR count). The first-order valence-electron chi connectivity index (χ1n) is 7.65. The Morgan fingerprint density at radius 3 is 2.89 bits per heavy atom. The van der Waals surface area contributed by atoms with E-state index in [2.05, 4.69) is 19.1 Å². The van der Waals surface area contributed by atoms with Crippen LogP contribution in [0.4, 0.5) is 0 Å². The van der Waals surface area contributed by atoms with Crippen LogP contribution in [0.5, 0.6) is 0 Å². The summed E-state index contributed by atoms with van der Waals surface area (Å²) in [6.07, 6.45) is 9.88. The second-order valence-electron chi connectivity index (χ2n) is 6.25. The average molecular weight is 280 g/mol. The monoisotopic (exact) mass is 279 g/mol. The smallest absolute Gasteiger partial charge is 0.0408 e. The standard InChI is InChI=1S/C17H26ClN/c1-2-5-14-7-4-10-17(19,11-9-14)13-15-6-3-8-16(18)12-15/h3,6,8,12,14H,2,4-5,7,9-11,13,19H2,1H3. The molecule has 0 saturated heterocycles. The highest BCUT2D eigenvalue weighted by Gasteiger charge is 2.29. The molecule has 0 bridgehead atoms. The zero-order valence-corrected chi connectivity index (χ0v) is 12.8. The Hall–Kier alpha value is -0.530. The Morgan fingerprint density at radius 1 is 1.32 bits per heavy atom. The fourth-order valence-corrected chi connectivity index (χ4v) is 3.64. The summed E-state index contributed by atoms with van der Waals surface area (Å²) in [5.41, 5.74) is 7.92. The van der Waals surface area contributed by atoms with Gasteiger partial charge in [0.05, 0.1) is 0 Å². The maximum absolute atomic E-state index is 6.66. The van der Waals surface area contributed by atoms with Gasteiger partial charge in [-0.1, -0.05) is 56.3 Å². The predicted molar refractivity (Wildman–Crippen MR) is 83.6 cm³/mol. The lowest BCUT2D eigenvalue weighted by Crippen LogP contribution is -2.41. The van der Waals surface area contributed by atoms with Crippen LogP contribution in [-0.2, 0) is 6.42 Å². The minimum atomic E-state index is -0.0207. The first kappa shape index (κ1) is 14.9. The van der Waals surface area contributed by atoms with Gasteiger partial charge in [0.1, 0.15) is 0 Å². The number of halogens is 1. The van der Waals surface area contributed by atoms with Gasteiger partial charge < -0.3 is 5.73 Å². The Morgan fingerprint density at radius 2 is 2.16 bits per heavy atom. The molecule has 0 amide bonds. The molecule has 19 heavy (non-hydrogen) atoms. The zero-order valence-electron chi connectivity index (χ0n) is 12.0. The molecule has 0 radical (unpaired) electrons. The molecule has 2 atom stereocenters. The van der Waals surface area contributed by atoms with E-state index in [1.165, 1.54) is 37.7 Å². The lowest BCUT2D eigenvalue weighted by Gasteiger charge is -2.28. The van der Waals surface area contributed by atoms with Gasteiger partial charge in [-0.25, -0.2) is 0 Å². The fourth-order valence-electron chi connectivity index (χ4n) is 3.43. The van der Waals surface area contributed by atoms with Gasteiger partial charge in [0.15, 0.2) is 0 Å². The second-order valence-corrected chi connectivity index (χ2v) is 6.69. The molecular formula is C17H26ClN. The molecule has 1 aromatic rings. The summed E-state index contributed by atoms with van der Waals surface area (Å²) in [5.74, 6) is 0.898. The van der Waals surface area contributed by atoms with Crippen LogP contribution in [0, 0.1) is 5.92 Å². The summed E-state index contributed by atoms with van der Waals surface area (Å²) in [5, 5.41) is 0.818. The summed E-state index contributed by atoms with van der Waals surface area (Å²) in [7, 11) is 0. The molecule has 1 saturated carbocycles. The van der Waals surface area contributed by atoms with Gasteiger partial charge in [-0.15, -0.1) is 0 Å². The molecule has 1 fully saturated rings. The first-order valence-corrected chi connectivity index (χ1v) is 8.02. The van der Waals surface area contributed by atoms with Crippen molar-refractivity contribution >= 4 is 11.6 Å². The van der Waals surface area contributed by atoms with E-state index in [1.54, 1.807) is 0 Å². The summed E-state index contributed by atoms with van der Waals surface area (Å²) < 4.78 is 0. The number of rotatable bonds is 4. The third-order valence-corrected chi connectivity index (χ3v) is 4.71. The molecule has 0 spiro atoms. The van der Waals surface area contributed by atoms with E-state index in [1.807, 2.05) is 12.1 Å². The Kier molecular flexibility index (Phi) is 5.29. The average Bonchev–Trinajstić information content (AvgIpc) is 2.53. The van der Waals surface area contributed by atoms with Crippen molar-refractivity contribution in [3.05, 3.63) is 34.9 Å². The highest BCUT2D eigenvalue weighted by atomic mass is 35.5. The lowest BCUT2D eigenvalue weighted by atomic mass is 9.84. The van der Waals surface area contributed by atoms with Crippen LogP contribution < -0.4 is 5.73 Å². The fraction of sp³-hybridized carbons (Fsp3) is 0.647. The van der Waals surface area contributed by atoms with E-state index < -0.39 is 0 Å². The third kappa shape index (κ3) is 4.50. The van der Waals surface area contributed by atoms with Gasteiger partial charge in [0, 0.05) is 10.6 Å². The molecule has 106 valence electrons. The molecule has 2 unspecified atom stereocenters. The third-order valence-electron chi connectivity index (χ3n) is 4.48. The van der Waals surface area contributed by atoms with Gasteiger partial charge in [0.25, 0.3) is 0 Å². The molecular weight excluding hydrogens is 254 g/mol. The quantitative estimate of drug-likeness (QED) is 0.775. The molecule has 1 aliphatic carbocycles. The van der Waals surface area contributed by atoms with Crippen LogP contribution in [0.25, 0.3) is 0 Å². The van der Waals surface area contributed by atoms with Crippen molar-refractivity contribution in [2.75, 3.05) is 0 Å². The predicted octanol–water partition coefficient (Wildman–Crippen LogP) is 4.96. The van der Waals surface area contributed by atoms with Crippen LogP contribution in [0.15, 0.2) is 24.3 Å². The van der Waals surface area contributed by atoms with Crippen LogP contribution >= 0.6 is 11.6 Å². The van der Waals surface area contributed by atoms with E-state index in [0.717, 1.165) is 30.2 Å². The van der Waals surface area contributed by atoms with Gasteiger partial charge >= 0.3 is 0 Å². The molecule has 2 N–H and O–H groups in total. The van der Waals surface area contributed by atoms with E-state index in [0.29, 0.717) is 0 Å². The summed E-state index contributed by atoms with van der Waals surface area (Å²) in [4.78, 5) is 0. The molecule has 1 aromatic carbocycles. The van der Waals surface area contributed by atoms with Crippen molar-refractivity contribution in [2.45, 2.75) is 63.8 Å². The van der Waals surface area contributed by atoms with Crippen LogP contribution in [0.1, 0.15) is 57.4 Å². The summed E-state index contributed by atoms with van der Waals surface area (Å²) in [6.45, 7) is 2.28. The second kappa shape index (κ2) is 6.76. The van der Waals surface area contributed by atoms with Crippen molar-refractivity contribution in [1.82, 2.24) is 0 Å². The lowest BCUT2D eigenvalue weighted by molar-refractivity contribution is 0.355. The highest BCUT2D eigenvalue weighted by Crippen LogP contribution is 2.33. The van der Waals surface area contributed by atoms with Crippen molar-refractivity contribution in [2.24, 2.45) is 11.7 Å². The van der Waals surface area contributed by atoms with E-state index in [4.69, 9.17) is 17.3 Å². The largest absolute Gasteiger partial charge is 0.325 e. The molecule has 0 heterocycles. The number of benzene rings is 1. The number of hydrogen-bond acceptors (Lipinski definition) is 1. The molecule has 1 aliphatic rings. The molecule has 2 heteroatoms. The van der Waals surface area contributed by atoms with Crippen molar-refractivity contribution < 1.29 is 0 Å². The van der Waals surface area contributed by atoms with E-state index in [-0.39, 0.29) is 5.54 Å². The SMILES string of the molecule is CCCC1CCCC(N)(Cc2cccc(Cl)c2)CC1. The van der Waals surface area contributed by atoms with Gasteiger partial charge in [-0.3, -0.25) is 0 Å². The minimum absolute atomic E-state index is 0.0207. The van der Waals surface area contributed by atoms with Gasteiger partial charge in [-0.05, 0) is 49.3 Å². The minimum Gasteiger partial charge on any atom is -0.325 e. The summed E-state index contributed by atoms with van der Waals surface area (Å²) >= 11 is 6.06. The van der Waals surface area contributed by atoms with Gasteiger partial charge in [-0.2, -0.15) is 0 Å². The van der Waals surface area contributed by atoms with Crippen molar-refractivity contribution in [3.8, 4) is 0 Å². The normalized spacial score (nSPS) is 28.1. The van der Waals surface area contributed by atoms with Crippen LogP contribution in [0.2, 0.25) is 5.02 Å². The van der Waals surface area contributed by atoms with Crippen LogP contribution in [-0.4, -0.2) is 5.54 Å². The van der Waals surface area contributed by atoms with Crippen molar-refractivity contribution in [3.63, 3.8) is 0 Å². The Balaban J connectivity index is 1.98. The number of hydrogen-bond donors (Lipinski definition) is 1. The summed E-state index contributed by atoms with van der Waals surface area (Å²) in [6, 6.07) is 8.16. The first-order chi connectivity index (χ1) is 9.11. The van der Waals surface area contributed by atoms with E-state index in [9.17, 15) is 0 Å². The zero-order chi connectivity index (χ0) is 13.7. The molecule has 1 nitrogen and oxygen atoms in total. The van der Waals surface area contributed by atoms with Crippen LogP contribution in [0.3, 0.4) is 0 Å². The number of nitrogens with two attached hydrogens (primary N) is 1. The molecule has 0 aliphatic heterocycles. The maximum Gasteiger partial charge on any atom is 0.0408 e. The van der Waals surface area contributed by atoms with E-state index >= 15 is 0 Å². The molecule has 0 aromatic heterocycles.